The summed E-state index contributed by atoms with van der Waals surface area (Å²) in [5, 5.41) is 8.56. The molecule has 0 spiro atoms. The first-order chi connectivity index (χ1) is 10.1. The minimum Gasteiger partial charge on any atom is -0.383 e. The zero-order valence-electron chi connectivity index (χ0n) is 11.7. The minimum absolute atomic E-state index is 0.162. The summed E-state index contributed by atoms with van der Waals surface area (Å²) < 4.78 is 5.78. The molecule has 0 unspecified atom stereocenters. The minimum atomic E-state index is -0.302. The average molecular weight is 308 g/mol. The fourth-order valence-electron chi connectivity index (χ4n) is 1.65. The molecule has 0 fully saturated rings. The van der Waals surface area contributed by atoms with Gasteiger partial charge >= 0.3 is 6.03 Å². The molecule has 2 rings (SSSR count). The van der Waals surface area contributed by atoms with Crippen LogP contribution in [0, 0.1) is 0 Å². The van der Waals surface area contributed by atoms with Crippen LogP contribution in [0.15, 0.2) is 18.2 Å². The Morgan fingerprint density at radius 1 is 1.33 bits per heavy atom. The van der Waals surface area contributed by atoms with Crippen LogP contribution in [0.5, 0.6) is 0 Å². The molecule has 0 bridgehead atoms. The van der Waals surface area contributed by atoms with Gasteiger partial charge in [-0.05, 0) is 18.2 Å². The quantitative estimate of drug-likeness (QED) is 0.737. The van der Waals surface area contributed by atoms with Gasteiger partial charge in [-0.2, -0.15) is 0 Å². The summed E-state index contributed by atoms with van der Waals surface area (Å²) in [4.78, 5) is 26.9. The third kappa shape index (κ3) is 4.40. The maximum Gasteiger partial charge on any atom is 0.319 e. The molecule has 0 aliphatic rings. The van der Waals surface area contributed by atoms with Crippen molar-refractivity contribution in [3.63, 3.8) is 0 Å². The van der Waals surface area contributed by atoms with Gasteiger partial charge in [0, 0.05) is 26.3 Å². The summed E-state index contributed by atoms with van der Waals surface area (Å²) in [6.07, 6.45) is 0. The summed E-state index contributed by atoms with van der Waals surface area (Å²) in [5.74, 6) is -0.162. The van der Waals surface area contributed by atoms with Crippen molar-refractivity contribution in [2.75, 3.05) is 30.9 Å². The van der Waals surface area contributed by atoms with Gasteiger partial charge in [0.15, 0.2) is 5.13 Å². The Morgan fingerprint density at radius 2 is 2.14 bits per heavy atom. The van der Waals surface area contributed by atoms with Crippen LogP contribution in [0.1, 0.15) is 6.92 Å². The molecule has 0 atom stereocenters. The lowest BCUT2D eigenvalue weighted by atomic mass is 10.3. The second-order valence-electron chi connectivity index (χ2n) is 4.26. The number of nitrogens with zero attached hydrogens (tertiary/aromatic N) is 1. The summed E-state index contributed by atoms with van der Waals surface area (Å²) in [7, 11) is 1.57. The third-order valence-electron chi connectivity index (χ3n) is 2.52. The topological polar surface area (TPSA) is 92.4 Å². The van der Waals surface area contributed by atoms with E-state index in [9.17, 15) is 9.59 Å². The van der Waals surface area contributed by atoms with Crippen LogP contribution in [0.25, 0.3) is 10.2 Å². The van der Waals surface area contributed by atoms with Crippen LogP contribution >= 0.6 is 11.3 Å². The van der Waals surface area contributed by atoms with Crippen molar-refractivity contribution in [3.8, 4) is 0 Å². The molecule has 1 aromatic carbocycles. The lowest BCUT2D eigenvalue weighted by Gasteiger charge is -2.06. The van der Waals surface area contributed by atoms with E-state index in [1.54, 1.807) is 19.2 Å². The number of hydrogen-bond acceptors (Lipinski definition) is 5. The maximum atomic E-state index is 11.6. The van der Waals surface area contributed by atoms with E-state index < -0.39 is 0 Å². The van der Waals surface area contributed by atoms with Gasteiger partial charge in [0.25, 0.3) is 0 Å². The van der Waals surface area contributed by atoms with Crippen molar-refractivity contribution in [3.05, 3.63) is 18.2 Å². The van der Waals surface area contributed by atoms with E-state index in [1.807, 2.05) is 6.07 Å². The number of rotatable bonds is 5. The highest BCUT2D eigenvalue weighted by Crippen LogP contribution is 2.28. The smallest absolute Gasteiger partial charge is 0.319 e. The second kappa shape index (κ2) is 7.00. The number of benzene rings is 1. The van der Waals surface area contributed by atoms with Crippen LogP contribution in [0.2, 0.25) is 0 Å². The molecule has 0 radical (unpaired) electrons. The van der Waals surface area contributed by atoms with E-state index in [2.05, 4.69) is 20.9 Å². The highest BCUT2D eigenvalue weighted by molar-refractivity contribution is 7.22. The highest BCUT2D eigenvalue weighted by Gasteiger charge is 2.07. The second-order valence-corrected chi connectivity index (χ2v) is 5.29. The van der Waals surface area contributed by atoms with Crippen molar-refractivity contribution >= 4 is 44.3 Å². The normalized spacial score (nSPS) is 10.4. The van der Waals surface area contributed by atoms with Crippen molar-refractivity contribution in [1.29, 1.82) is 0 Å². The standard InChI is InChI=1S/C13H16N4O3S/c1-8(18)15-13-17-10-7-9(3-4-11(10)21-13)16-12(19)14-5-6-20-2/h3-4,7H,5-6H2,1-2H3,(H2,14,16,19)(H,15,17,18). The molecule has 0 aliphatic heterocycles. The maximum absolute atomic E-state index is 11.6. The van der Waals surface area contributed by atoms with Gasteiger partial charge < -0.3 is 20.7 Å². The molecule has 0 saturated heterocycles. The van der Waals surface area contributed by atoms with Crippen LogP contribution < -0.4 is 16.0 Å². The average Bonchev–Trinajstić information content (AvgIpc) is 2.79. The number of aromatic nitrogens is 1. The van der Waals surface area contributed by atoms with E-state index in [1.165, 1.54) is 18.3 Å². The zero-order valence-corrected chi connectivity index (χ0v) is 12.5. The fraction of sp³-hybridized carbons (Fsp3) is 0.308. The number of carbonyl (C=O) groups excluding carboxylic acids is 2. The number of nitrogens with one attached hydrogen (secondary N) is 3. The molecular formula is C13H16N4O3S. The number of anilines is 2. The van der Waals surface area contributed by atoms with Gasteiger partial charge in [0.1, 0.15) is 0 Å². The highest BCUT2D eigenvalue weighted by atomic mass is 32.1. The van der Waals surface area contributed by atoms with Gasteiger partial charge in [0.05, 0.1) is 16.8 Å². The van der Waals surface area contributed by atoms with E-state index in [-0.39, 0.29) is 11.9 Å². The molecule has 3 amide bonds. The lowest BCUT2D eigenvalue weighted by Crippen LogP contribution is -2.31. The number of hydrogen-bond donors (Lipinski definition) is 3. The number of fused-ring (bicyclic) bond motifs is 1. The predicted molar refractivity (Wildman–Crippen MR) is 82.8 cm³/mol. The molecule has 0 saturated carbocycles. The SMILES string of the molecule is COCCNC(=O)Nc1ccc2sc(NC(C)=O)nc2c1. The molecule has 112 valence electrons. The van der Waals surface area contributed by atoms with Gasteiger partial charge in [-0.3, -0.25) is 4.79 Å². The number of carbonyl (C=O) groups is 2. The number of amides is 3. The Hall–Kier alpha value is -2.19. The summed E-state index contributed by atoms with van der Waals surface area (Å²) >= 11 is 1.38. The first-order valence-electron chi connectivity index (χ1n) is 6.30. The summed E-state index contributed by atoms with van der Waals surface area (Å²) in [6.45, 7) is 2.33. The molecule has 2 aromatic rings. The monoisotopic (exact) mass is 308 g/mol. The Labute approximate surface area is 125 Å². The van der Waals surface area contributed by atoms with Crippen LogP contribution in [-0.4, -0.2) is 37.2 Å². The van der Waals surface area contributed by atoms with E-state index in [0.29, 0.717) is 24.0 Å². The molecule has 1 aromatic heterocycles. The first kappa shape index (κ1) is 15.2. The molecule has 0 aliphatic carbocycles. The summed E-state index contributed by atoms with van der Waals surface area (Å²) in [5.41, 5.74) is 1.36. The fourth-order valence-corrected chi connectivity index (χ4v) is 2.54. The molecular weight excluding hydrogens is 292 g/mol. The zero-order chi connectivity index (χ0) is 15.2. The first-order valence-corrected chi connectivity index (χ1v) is 7.12. The van der Waals surface area contributed by atoms with E-state index in [4.69, 9.17) is 4.74 Å². The summed E-state index contributed by atoms with van der Waals surface area (Å²) in [6, 6.07) is 5.09. The number of methoxy groups -OCH3 is 1. The molecule has 21 heavy (non-hydrogen) atoms. The number of thiazole rings is 1. The Balaban J connectivity index is 2.04. The molecule has 8 heteroatoms. The predicted octanol–water partition coefficient (Wildman–Crippen LogP) is 2.02. The van der Waals surface area contributed by atoms with Crippen LogP contribution in [-0.2, 0) is 9.53 Å². The van der Waals surface area contributed by atoms with Gasteiger partial charge in [-0.1, -0.05) is 11.3 Å². The van der Waals surface area contributed by atoms with Crippen LogP contribution in [0.4, 0.5) is 15.6 Å². The number of urea groups is 1. The Bertz CT molecular complexity index is 656. The van der Waals surface area contributed by atoms with Crippen molar-refractivity contribution in [2.45, 2.75) is 6.92 Å². The van der Waals surface area contributed by atoms with Crippen molar-refractivity contribution in [2.24, 2.45) is 0 Å². The van der Waals surface area contributed by atoms with Gasteiger partial charge in [-0.15, -0.1) is 0 Å². The molecule has 7 nitrogen and oxygen atoms in total. The molecule has 1 heterocycles. The third-order valence-corrected chi connectivity index (χ3v) is 3.47. The number of ether oxygens (including phenoxy) is 1. The van der Waals surface area contributed by atoms with Gasteiger partial charge in [0.2, 0.25) is 5.91 Å². The van der Waals surface area contributed by atoms with E-state index >= 15 is 0 Å². The van der Waals surface area contributed by atoms with Crippen LogP contribution in [0.3, 0.4) is 0 Å². The lowest BCUT2D eigenvalue weighted by molar-refractivity contribution is -0.114. The van der Waals surface area contributed by atoms with Crippen molar-refractivity contribution < 1.29 is 14.3 Å². The van der Waals surface area contributed by atoms with Gasteiger partial charge in [-0.25, -0.2) is 9.78 Å². The van der Waals surface area contributed by atoms with Crippen molar-refractivity contribution in [1.82, 2.24) is 10.3 Å². The Kier molecular flexibility index (Phi) is 5.07. The largest absolute Gasteiger partial charge is 0.383 e. The molecule has 3 N–H and O–H groups in total. The Morgan fingerprint density at radius 3 is 2.86 bits per heavy atom. The van der Waals surface area contributed by atoms with E-state index in [0.717, 1.165) is 10.2 Å².